The Labute approximate surface area is 198 Å². The number of halogens is 1. The standard InChI is InChI=1S/C26H27ClN2O4/c1-18-6-5-9-21(15-24(30)28-16-19-10-12-22(27)13-11-19)26(32)29-17-23(33-25(31)14-18)20-7-3-2-4-8-20/h2-8,10-14,21,23H,9,15-17H2,1H3,(H,28,30)(H,29,32)/t21-,23-/m0/s1. The molecule has 7 heteroatoms. The summed E-state index contributed by atoms with van der Waals surface area (Å²) in [6, 6.07) is 16.5. The first-order chi connectivity index (χ1) is 15.9. The van der Waals surface area contributed by atoms with Gasteiger partial charge in [0.2, 0.25) is 11.8 Å². The number of esters is 1. The Morgan fingerprint density at radius 2 is 1.85 bits per heavy atom. The fraction of sp³-hybridized carbons (Fsp3) is 0.269. The molecule has 172 valence electrons. The first kappa shape index (κ1) is 24.3. The molecule has 2 aromatic rings. The first-order valence-electron chi connectivity index (χ1n) is 10.8. The summed E-state index contributed by atoms with van der Waals surface area (Å²) in [5.74, 6) is -1.51. The summed E-state index contributed by atoms with van der Waals surface area (Å²) in [6.45, 7) is 2.26. The Kier molecular flexibility index (Phi) is 8.84. The van der Waals surface area contributed by atoms with Crippen LogP contribution in [0.5, 0.6) is 0 Å². The van der Waals surface area contributed by atoms with Gasteiger partial charge in [0, 0.05) is 24.1 Å². The summed E-state index contributed by atoms with van der Waals surface area (Å²) in [6.07, 6.45) is 4.76. The van der Waals surface area contributed by atoms with E-state index in [9.17, 15) is 14.4 Å². The van der Waals surface area contributed by atoms with Crippen LogP contribution in [0.25, 0.3) is 0 Å². The first-order valence-corrected chi connectivity index (χ1v) is 11.2. The molecule has 33 heavy (non-hydrogen) atoms. The average molecular weight is 467 g/mol. The van der Waals surface area contributed by atoms with Gasteiger partial charge < -0.3 is 15.4 Å². The number of hydrogen-bond donors (Lipinski definition) is 2. The van der Waals surface area contributed by atoms with Crippen molar-refractivity contribution in [3.8, 4) is 0 Å². The summed E-state index contributed by atoms with van der Waals surface area (Å²) in [4.78, 5) is 37.8. The van der Waals surface area contributed by atoms with Crippen LogP contribution >= 0.6 is 11.6 Å². The molecule has 1 heterocycles. The van der Waals surface area contributed by atoms with Crippen molar-refractivity contribution in [3.05, 3.63) is 94.5 Å². The largest absolute Gasteiger partial charge is 0.452 e. The minimum absolute atomic E-state index is 0.0440. The van der Waals surface area contributed by atoms with E-state index in [2.05, 4.69) is 10.6 Å². The summed E-state index contributed by atoms with van der Waals surface area (Å²) in [7, 11) is 0. The summed E-state index contributed by atoms with van der Waals surface area (Å²) in [5.41, 5.74) is 2.41. The normalized spacial score (nSPS) is 19.4. The van der Waals surface area contributed by atoms with Crippen molar-refractivity contribution in [3.63, 3.8) is 0 Å². The second kappa shape index (κ2) is 12.0. The van der Waals surface area contributed by atoms with E-state index in [1.807, 2.05) is 42.5 Å². The predicted molar refractivity (Wildman–Crippen MR) is 127 cm³/mol. The topological polar surface area (TPSA) is 84.5 Å². The number of carbonyl (C=O) groups is 3. The van der Waals surface area contributed by atoms with E-state index >= 15 is 0 Å². The maximum Gasteiger partial charge on any atom is 0.331 e. The predicted octanol–water partition coefficient (Wildman–Crippen LogP) is 4.27. The molecule has 2 N–H and O–H groups in total. The molecule has 0 bridgehead atoms. The molecular weight excluding hydrogens is 440 g/mol. The molecule has 2 aromatic carbocycles. The molecule has 2 atom stereocenters. The molecule has 2 amide bonds. The highest BCUT2D eigenvalue weighted by Gasteiger charge is 2.24. The third-order valence-corrected chi connectivity index (χ3v) is 5.50. The number of hydrogen-bond acceptors (Lipinski definition) is 4. The molecule has 0 aliphatic carbocycles. The Morgan fingerprint density at radius 3 is 2.58 bits per heavy atom. The van der Waals surface area contributed by atoms with Gasteiger partial charge in [-0.25, -0.2) is 4.79 Å². The average Bonchev–Trinajstić information content (AvgIpc) is 2.80. The van der Waals surface area contributed by atoms with Crippen molar-refractivity contribution in [2.75, 3.05) is 6.54 Å². The molecule has 0 radical (unpaired) electrons. The number of rotatable bonds is 5. The van der Waals surface area contributed by atoms with Crippen LogP contribution in [0.4, 0.5) is 0 Å². The van der Waals surface area contributed by atoms with Crippen molar-refractivity contribution in [1.82, 2.24) is 10.6 Å². The molecule has 0 saturated heterocycles. The van der Waals surface area contributed by atoms with Crippen LogP contribution in [0.3, 0.4) is 0 Å². The highest BCUT2D eigenvalue weighted by molar-refractivity contribution is 6.30. The van der Waals surface area contributed by atoms with Gasteiger partial charge in [0.15, 0.2) is 0 Å². The number of cyclic esters (lactones) is 1. The lowest BCUT2D eigenvalue weighted by Crippen LogP contribution is -2.37. The zero-order valence-electron chi connectivity index (χ0n) is 18.4. The van der Waals surface area contributed by atoms with Crippen LogP contribution in [-0.4, -0.2) is 24.3 Å². The highest BCUT2D eigenvalue weighted by atomic mass is 35.5. The van der Waals surface area contributed by atoms with Gasteiger partial charge in [-0.2, -0.15) is 0 Å². The van der Waals surface area contributed by atoms with Gasteiger partial charge in [0.05, 0.1) is 12.5 Å². The number of benzene rings is 2. The second-order valence-corrected chi connectivity index (χ2v) is 8.35. The van der Waals surface area contributed by atoms with Crippen LogP contribution in [0.15, 0.2) is 78.4 Å². The van der Waals surface area contributed by atoms with E-state index in [1.54, 1.807) is 31.2 Å². The van der Waals surface area contributed by atoms with Crippen LogP contribution in [0.2, 0.25) is 5.02 Å². The molecule has 3 rings (SSSR count). The second-order valence-electron chi connectivity index (χ2n) is 7.91. The maximum absolute atomic E-state index is 12.9. The fourth-order valence-corrected chi connectivity index (χ4v) is 3.57. The number of carbonyl (C=O) groups excluding carboxylic acids is 3. The van der Waals surface area contributed by atoms with Crippen LogP contribution < -0.4 is 10.6 Å². The molecule has 0 saturated carbocycles. The van der Waals surface area contributed by atoms with Crippen molar-refractivity contribution in [1.29, 1.82) is 0 Å². The quantitative estimate of drug-likeness (QED) is 0.644. The molecule has 0 fully saturated rings. The van der Waals surface area contributed by atoms with Crippen molar-refractivity contribution < 1.29 is 19.1 Å². The number of ether oxygens (including phenoxy) is 1. The van der Waals surface area contributed by atoms with Gasteiger partial charge in [0.25, 0.3) is 0 Å². The number of amides is 2. The minimum atomic E-state index is -0.630. The molecule has 0 aromatic heterocycles. The van der Waals surface area contributed by atoms with Gasteiger partial charge in [-0.1, -0.05) is 66.2 Å². The van der Waals surface area contributed by atoms with E-state index in [0.717, 1.165) is 11.1 Å². The Bertz CT molecular complexity index is 1030. The van der Waals surface area contributed by atoms with Gasteiger partial charge in [-0.15, -0.1) is 0 Å². The summed E-state index contributed by atoms with van der Waals surface area (Å²) < 4.78 is 5.59. The monoisotopic (exact) mass is 466 g/mol. The molecule has 6 nitrogen and oxygen atoms in total. The van der Waals surface area contributed by atoms with E-state index in [0.29, 0.717) is 23.6 Å². The Balaban J connectivity index is 1.69. The zero-order valence-corrected chi connectivity index (χ0v) is 19.2. The molecule has 0 spiro atoms. The van der Waals surface area contributed by atoms with Crippen molar-refractivity contribution in [2.45, 2.75) is 32.4 Å². The maximum atomic E-state index is 12.9. The minimum Gasteiger partial charge on any atom is -0.452 e. The third-order valence-electron chi connectivity index (χ3n) is 5.24. The molecule has 1 aliphatic rings. The summed E-state index contributed by atoms with van der Waals surface area (Å²) >= 11 is 5.89. The number of nitrogens with one attached hydrogen (secondary N) is 2. The van der Waals surface area contributed by atoms with E-state index < -0.39 is 18.0 Å². The molecule has 1 aliphatic heterocycles. The Morgan fingerprint density at radius 1 is 1.12 bits per heavy atom. The van der Waals surface area contributed by atoms with Crippen LogP contribution in [0.1, 0.15) is 37.0 Å². The lowest BCUT2D eigenvalue weighted by atomic mass is 9.98. The van der Waals surface area contributed by atoms with E-state index in [-0.39, 0.29) is 24.8 Å². The fourth-order valence-electron chi connectivity index (χ4n) is 3.44. The zero-order chi connectivity index (χ0) is 23.6. The van der Waals surface area contributed by atoms with Crippen LogP contribution in [-0.2, 0) is 25.7 Å². The van der Waals surface area contributed by atoms with Gasteiger partial charge >= 0.3 is 5.97 Å². The lowest BCUT2D eigenvalue weighted by molar-refractivity contribution is -0.144. The number of allylic oxidation sites excluding steroid dienone is 3. The van der Waals surface area contributed by atoms with Crippen molar-refractivity contribution >= 4 is 29.4 Å². The smallest absolute Gasteiger partial charge is 0.331 e. The van der Waals surface area contributed by atoms with Crippen molar-refractivity contribution in [2.24, 2.45) is 5.92 Å². The van der Waals surface area contributed by atoms with Gasteiger partial charge in [0.1, 0.15) is 6.10 Å². The molecular formula is C26H27ClN2O4. The SMILES string of the molecule is CC1=CC(=O)O[C@H](c2ccccc2)CNC(=O)[C@H](CC(=O)NCc2ccc(Cl)cc2)CC=C1. The van der Waals surface area contributed by atoms with Crippen LogP contribution in [0, 0.1) is 5.92 Å². The molecule has 0 unspecified atom stereocenters. The third kappa shape index (κ3) is 7.91. The lowest BCUT2D eigenvalue weighted by Gasteiger charge is -2.21. The van der Waals surface area contributed by atoms with Gasteiger partial charge in [-0.05, 0) is 42.2 Å². The van der Waals surface area contributed by atoms with E-state index in [1.165, 1.54) is 6.08 Å². The Hall–Kier alpha value is -3.38. The van der Waals surface area contributed by atoms with Gasteiger partial charge in [-0.3, -0.25) is 9.59 Å². The highest BCUT2D eigenvalue weighted by Crippen LogP contribution is 2.19. The van der Waals surface area contributed by atoms with E-state index in [4.69, 9.17) is 16.3 Å². The summed E-state index contributed by atoms with van der Waals surface area (Å²) in [5, 5.41) is 6.34.